The SMILES string of the molecule is COC(=O)C1=C(C(=O)OC)N(c2cc(C(=O)OC)ccc2NC(C)C)C(N)=C(C#N)C1c1ccccc1. The van der Waals surface area contributed by atoms with Gasteiger partial charge in [-0.05, 0) is 37.6 Å². The second-order valence-electron chi connectivity index (χ2n) is 8.36. The predicted molar refractivity (Wildman–Crippen MR) is 136 cm³/mol. The Morgan fingerprint density at radius 2 is 1.59 bits per heavy atom. The summed E-state index contributed by atoms with van der Waals surface area (Å²) in [4.78, 5) is 40.2. The van der Waals surface area contributed by atoms with Crippen molar-refractivity contribution in [1.29, 1.82) is 5.26 Å². The molecule has 0 aliphatic carbocycles. The summed E-state index contributed by atoms with van der Waals surface area (Å²) in [7, 11) is 3.58. The van der Waals surface area contributed by atoms with Gasteiger partial charge in [0.05, 0.1) is 61.4 Å². The Balaban J connectivity index is 2.47. The molecule has 2 aromatic carbocycles. The molecule has 2 aromatic rings. The van der Waals surface area contributed by atoms with Crippen molar-refractivity contribution in [3.05, 3.63) is 82.3 Å². The fourth-order valence-electron chi connectivity index (χ4n) is 4.16. The molecule has 10 nitrogen and oxygen atoms in total. The molecule has 192 valence electrons. The van der Waals surface area contributed by atoms with Crippen molar-refractivity contribution < 1.29 is 28.6 Å². The molecule has 0 fully saturated rings. The van der Waals surface area contributed by atoms with Crippen molar-refractivity contribution >= 4 is 29.3 Å². The van der Waals surface area contributed by atoms with E-state index in [9.17, 15) is 19.6 Å². The molecule has 0 aromatic heterocycles. The third kappa shape index (κ3) is 5.11. The number of nitrogens with one attached hydrogen (secondary N) is 1. The maximum atomic E-state index is 13.3. The number of anilines is 2. The smallest absolute Gasteiger partial charge is 0.355 e. The van der Waals surface area contributed by atoms with Gasteiger partial charge in [-0.1, -0.05) is 30.3 Å². The highest BCUT2D eigenvalue weighted by Gasteiger charge is 2.43. The normalized spacial score (nSPS) is 15.3. The Kier molecular flexibility index (Phi) is 8.19. The van der Waals surface area contributed by atoms with Crippen LogP contribution in [-0.2, 0) is 23.8 Å². The summed E-state index contributed by atoms with van der Waals surface area (Å²) in [5, 5.41) is 13.5. The average Bonchev–Trinajstić information content (AvgIpc) is 2.91. The van der Waals surface area contributed by atoms with Gasteiger partial charge in [-0.2, -0.15) is 5.26 Å². The average molecular weight is 505 g/mol. The highest BCUT2D eigenvalue weighted by atomic mass is 16.5. The van der Waals surface area contributed by atoms with E-state index in [-0.39, 0.29) is 40.0 Å². The van der Waals surface area contributed by atoms with Crippen molar-refractivity contribution in [3.8, 4) is 6.07 Å². The number of benzene rings is 2. The number of hydrogen-bond acceptors (Lipinski definition) is 10. The number of nitriles is 1. The van der Waals surface area contributed by atoms with Gasteiger partial charge in [0.25, 0.3) is 0 Å². The van der Waals surface area contributed by atoms with E-state index in [4.69, 9.17) is 19.9 Å². The molecule has 1 aliphatic rings. The van der Waals surface area contributed by atoms with E-state index >= 15 is 0 Å². The Hall–Kier alpha value is -4.78. The molecule has 0 radical (unpaired) electrons. The fraction of sp³-hybridized carbons (Fsp3) is 0.259. The van der Waals surface area contributed by atoms with Crippen LogP contribution >= 0.6 is 0 Å². The zero-order valence-corrected chi connectivity index (χ0v) is 21.2. The molecular weight excluding hydrogens is 476 g/mol. The van der Waals surface area contributed by atoms with E-state index in [1.807, 2.05) is 13.8 Å². The van der Waals surface area contributed by atoms with Crippen LogP contribution in [0.2, 0.25) is 0 Å². The van der Waals surface area contributed by atoms with Crippen LogP contribution in [0.1, 0.15) is 35.7 Å². The van der Waals surface area contributed by atoms with Crippen LogP contribution in [0.3, 0.4) is 0 Å². The summed E-state index contributed by atoms with van der Waals surface area (Å²) in [5.41, 5.74) is 7.64. The molecule has 1 aliphatic heterocycles. The highest BCUT2D eigenvalue weighted by molar-refractivity contribution is 6.07. The molecular formula is C27H28N4O6. The van der Waals surface area contributed by atoms with E-state index < -0.39 is 23.8 Å². The maximum Gasteiger partial charge on any atom is 0.355 e. The molecule has 1 unspecified atom stereocenters. The largest absolute Gasteiger partial charge is 0.466 e. The van der Waals surface area contributed by atoms with Crippen LogP contribution in [0, 0.1) is 11.3 Å². The Morgan fingerprint density at radius 1 is 0.973 bits per heavy atom. The van der Waals surface area contributed by atoms with Crippen molar-refractivity contribution in [1.82, 2.24) is 0 Å². The zero-order valence-electron chi connectivity index (χ0n) is 21.2. The number of nitrogens with zero attached hydrogens (tertiary/aromatic N) is 2. The van der Waals surface area contributed by atoms with Gasteiger partial charge in [0.1, 0.15) is 11.5 Å². The molecule has 0 bridgehead atoms. The second kappa shape index (κ2) is 11.3. The molecule has 0 amide bonds. The summed E-state index contributed by atoms with van der Waals surface area (Å²) in [6.45, 7) is 3.80. The summed E-state index contributed by atoms with van der Waals surface area (Å²) >= 11 is 0. The first-order chi connectivity index (χ1) is 17.7. The predicted octanol–water partition coefficient (Wildman–Crippen LogP) is 3.19. The van der Waals surface area contributed by atoms with Crippen LogP contribution < -0.4 is 16.0 Å². The van der Waals surface area contributed by atoms with Gasteiger partial charge in [-0.25, -0.2) is 14.4 Å². The lowest BCUT2D eigenvalue weighted by atomic mass is 9.81. The maximum absolute atomic E-state index is 13.3. The summed E-state index contributed by atoms with van der Waals surface area (Å²) in [6.07, 6.45) is 0. The molecule has 10 heteroatoms. The van der Waals surface area contributed by atoms with Gasteiger partial charge in [0.2, 0.25) is 0 Å². The van der Waals surface area contributed by atoms with E-state index in [1.165, 1.54) is 25.2 Å². The van der Waals surface area contributed by atoms with Crippen molar-refractivity contribution in [2.45, 2.75) is 25.8 Å². The summed E-state index contributed by atoms with van der Waals surface area (Å²) in [6, 6.07) is 15.4. The van der Waals surface area contributed by atoms with Gasteiger partial charge in [-0.3, -0.25) is 4.90 Å². The molecule has 1 atom stereocenters. The van der Waals surface area contributed by atoms with Gasteiger partial charge >= 0.3 is 17.9 Å². The molecule has 3 N–H and O–H groups in total. The number of esters is 3. The van der Waals surface area contributed by atoms with Crippen LogP contribution in [0.25, 0.3) is 0 Å². The summed E-state index contributed by atoms with van der Waals surface area (Å²) < 4.78 is 15.0. The number of rotatable bonds is 7. The molecule has 3 rings (SSSR count). The van der Waals surface area contributed by atoms with Crippen molar-refractivity contribution in [2.75, 3.05) is 31.5 Å². The zero-order chi connectivity index (χ0) is 27.3. The number of carbonyl (C=O) groups excluding carboxylic acids is 3. The number of hydrogen-bond donors (Lipinski definition) is 2. The van der Waals surface area contributed by atoms with Crippen molar-refractivity contribution in [2.24, 2.45) is 5.73 Å². The lowest BCUT2D eigenvalue weighted by molar-refractivity contribution is -0.139. The standard InChI is InChI=1S/C27H28N4O6/c1-15(2)30-19-12-11-17(25(32)35-3)13-20(19)31-23(27(34)37-5)22(26(33)36-4)21(18(14-28)24(31)29)16-9-7-6-8-10-16/h6-13,15,21,30H,29H2,1-5H3. The van der Waals surface area contributed by atoms with Gasteiger partial charge in [-0.15, -0.1) is 0 Å². The van der Waals surface area contributed by atoms with Gasteiger partial charge < -0.3 is 25.3 Å². The number of allylic oxidation sites excluding steroid dienone is 1. The first-order valence-corrected chi connectivity index (χ1v) is 11.3. The highest BCUT2D eigenvalue weighted by Crippen LogP contribution is 2.45. The quantitative estimate of drug-likeness (QED) is 0.426. The monoisotopic (exact) mass is 504 g/mol. The Bertz CT molecular complexity index is 1320. The molecule has 1 heterocycles. The lowest BCUT2D eigenvalue weighted by Gasteiger charge is -2.37. The molecule has 0 saturated heterocycles. The minimum Gasteiger partial charge on any atom is -0.466 e. The van der Waals surface area contributed by atoms with E-state index in [1.54, 1.807) is 42.5 Å². The third-order valence-corrected chi connectivity index (χ3v) is 5.71. The van der Waals surface area contributed by atoms with Crippen LogP contribution in [0.4, 0.5) is 11.4 Å². The topological polar surface area (TPSA) is 144 Å². The Morgan fingerprint density at radius 3 is 2.14 bits per heavy atom. The number of carbonyl (C=O) groups is 3. The van der Waals surface area contributed by atoms with Crippen LogP contribution in [-0.4, -0.2) is 45.3 Å². The molecule has 37 heavy (non-hydrogen) atoms. The number of nitrogens with two attached hydrogens (primary N) is 1. The van der Waals surface area contributed by atoms with Crippen LogP contribution in [0.15, 0.2) is 71.2 Å². The van der Waals surface area contributed by atoms with Crippen molar-refractivity contribution in [3.63, 3.8) is 0 Å². The van der Waals surface area contributed by atoms with E-state index in [0.717, 1.165) is 7.11 Å². The third-order valence-electron chi connectivity index (χ3n) is 5.71. The van der Waals surface area contributed by atoms with Crippen LogP contribution in [0.5, 0.6) is 0 Å². The second-order valence-corrected chi connectivity index (χ2v) is 8.36. The fourth-order valence-corrected chi connectivity index (χ4v) is 4.16. The summed E-state index contributed by atoms with van der Waals surface area (Å²) in [5.74, 6) is -3.48. The van der Waals surface area contributed by atoms with E-state index in [2.05, 4.69) is 11.4 Å². The lowest BCUT2D eigenvalue weighted by Crippen LogP contribution is -2.41. The number of methoxy groups -OCH3 is 3. The minimum atomic E-state index is -1.01. The van der Waals surface area contributed by atoms with Gasteiger partial charge in [0.15, 0.2) is 0 Å². The first kappa shape index (κ1) is 26.8. The number of ether oxygens (including phenoxy) is 3. The Labute approximate surface area is 214 Å². The van der Waals surface area contributed by atoms with E-state index in [0.29, 0.717) is 11.3 Å². The molecule has 0 spiro atoms. The molecule has 0 saturated carbocycles. The van der Waals surface area contributed by atoms with Gasteiger partial charge in [0, 0.05) is 6.04 Å². The first-order valence-electron chi connectivity index (χ1n) is 11.3. The minimum absolute atomic E-state index is 0.0122.